The van der Waals surface area contributed by atoms with E-state index in [0.29, 0.717) is 23.2 Å². The third-order valence-electron chi connectivity index (χ3n) is 7.33. The van der Waals surface area contributed by atoms with E-state index in [0.717, 1.165) is 0 Å². The van der Waals surface area contributed by atoms with Gasteiger partial charge in [0.2, 0.25) is 0 Å². The highest BCUT2D eigenvalue weighted by atomic mass is 28.4. The second-order valence-corrected chi connectivity index (χ2v) is 21.4. The van der Waals surface area contributed by atoms with Crippen LogP contribution in [0.3, 0.4) is 0 Å². The van der Waals surface area contributed by atoms with Crippen LogP contribution in [0, 0.1) is 5.92 Å². The van der Waals surface area contributed by atoms with Crippen molar-refractivity contribution in [1.82, 2.24) is 0 Å². The summed E-state index contributed by atoms with van der Waals surface area (Å²) in [6.45, 7) is 27.9. The molecule has 0 bridgehead atoms. The molecule has 1 rings (SSSR count). The van der Waals surface area contributed by atoms with E-state index in [1.807, 2.05) is 0 Å². The van der Waals surface area contributed by atoms with Gasteiger partial charge in [-0.1, -0.05) is 62.3 Å². The van der Waals surface area contributed by atoms with Crippen molar-refractivity contribution >= 4 is 16.6 Å². The second kappa shape index (κ2) is 9.60. The van der Waals surface area contributed by atoms with Crippen LogP contribution in [0.15, 0.2) is 0 Å². The lowest BCUT2D eigenvalue weighted by Gasteiger charge is -2.45. The van der Waals surface area contributed by atoms with Crippen molar-refractivity contribution in [3.8, 4) is 0 Å². The summed E-state index contributed by atoms with van der Waals surface area (Å²) in [5.41, 5.74) is 1.60. The van der Waals surface area contributed by atoms with Crippen molar-refractivity contribution in [2.45, 2.75) is 122 Å². The Labute approximate surface area is 177 Å². The van der Waals surface area contributed by atoms with E-state index in [-0.39, 0.29) is 35.9 Å². The molecule has 168 valence electrons. The van der Waals surface area contributed by atoms with Crippen molar-refractivity contribution in [2.75, 3.05) is 13.2 Å². The maximum Gasteiger partial charge on any atom is 0.200 e. The summed E-state index contributed by atoms with van der Waals surface area (Å²) in [7, 11) is -3.98. The summed E-state index contributed by atoms with van der Waals surface area (Å²) in [5, 5.41) is 10.3. The number of aliphatic hydroxyl groups excluding tert-OH is 1. The van der Waals surface area contributed by atoms with E-state index in [1.165, 1.54) is 0 Å². The number of rotatable bonds is 11. The predicted octanol–water partition coefficient (Wildman–Crippen LogP) is 5.96. The number of epoxide rings is 1. The smallest absolute Gasteiger partial charge is 0.200 e. The summed E-state index contributed by atoms with van der Waals surface area (Å²) < 4.78 is 19.5. The van der Waals surface area contributed by atoms with Gasteiger partial charge in [0, 0.05) is 5.92 Å². The molecule has 0 amide bonds. The van der Waals surface area contributed by atoms with E-state index < -0.39 is 16.6 Å². The lowest BCUT2D eigenvalue weighted by atomic mass is 9.98. The first-order valence-corrected chi connectivity index (χ1v) is 16.2. The molecule has 1 aliphatic heterocycles. The molecule has 6 heteroatoms. The molecule has 4 atom stereocenters. The van der Waals surface area contributed by atoms with Crippen molar-refractivity contribution in [1.29, 1.82) is 0 Å². The van der Waals surface area contributed by atoms with Gasteiger partial charge >= 0.3 is 0 Å². The molecule has 4 nitrogen and oxygen atoms in total. The predicted molar refractivity (Wildman–Crippen MR) is 124 cm³/mol. The summed E-state index contributed by atoms with van der Waals surface area (Å²) in [4.78, 5) is 0. The molecule has 0 radical (unpaired) electrons. The van der Waals surface area contributed by atoms with E-state index >= 15 is 0 Å². The lowest BCUT2D eigenvalue weighted by molar-refractivity contribution is 0.0212. The normalized spacial score (nSPS) is 23.6. The monoisotopic (exact) mass is 432 g/mol. The topological polar surface area (TPSA) is 51.2 Å². The van der Waals surface area contributed by atoms with Crippen molar-refractivity contribution < 1.29 is 18.7 Å². The van der Waals surface area contributed by atoms with Crippen LogP contribution in [0.25, 0.3) is 0 Å². The third-order valence-corrected chi connectivity index (χ3v) is 17.9. The van der Waals surface area contributed by atoms with E-state index in [1.54, 1.807) is 0 Å². The fourth-order valence-corrected chi connectivity index (χ4v) is 11.4. The Hall–Kier alpha value is 0.274. The Morgan fingerprint density at radius 2 is 1.39 bits per heavy atom. The number of aliphatic hydroxyl groups is 1. The van der Waals surface area contributed by atoms with Gasteiger partial charge in [0.25, 0.3) is 0 Å². The van der Waals surface area contributed by atoms with E-state index in [4.69, 9.17) is 13.6 Å². The number of ether oxygens (including phenoxy) is 1. The minimum atomic E-state index is -2.00. The molecule has 0 unspecified atom stereocenters. The average molecular weight is 433 g/mol. The molecule has 1 aliphatic rings. The zero-order valence-corrected chi connectivity index (χ0v) is 22.6. The van der Waals surface area contributed by atoms with Crippen molar-refractivity contribution in [3.63, 3.8) is 0 Å². The first-order chi connectivity index (χ1) is 12.6. The summed E-state index contributed by atoms with van der Waals surface area (Å²) in [5.74, 6) is -0.0256. The maximum atomic E-state index is 10.2. The minimum Gasteiger partial charge on any atom is -0.413 e. The molecular formula is C22H48O4Si2. The van der Waals surface area contributed by atoms with Gasteiger partial charge in [0.05, 0.1) is 31.5 Å². The van der Waals surface area contributed by atoms with Crippen LogP contribution in [0.2, 0.25) is 34.8 Å². The first kappa shape index (κ1) is 26.3. The van der Waals surface area contributed by atoms with Gasteiger partial charge in [0.1, 0.15) is 0 Å². The lowest BCUT2D eigenvalue weighted by Crippen LogP contribution is -2.53. The number of hydrogen-bond acceptors (Lipinski definition) is 4. The molecule has 0 aromatic carbocycles. The Kier molecular flexibility index (Phi) is 9.02. The number of hydrogen-bond donors (Lipinski definition) is 1. The van der Waals surface area contributed by atoms with Gasteiger partial charge in [-0.2, -0.15) is 0 Å². The fraction of sp³-hybridized carbons (Fsp3) is 1.00. The Morgan fingerprint density at radius 3 is 1.68 bits per heavy atom. The SMILES string of the molecule is CC(C)[Si](OC[C@@H](O[Si](C)(C)C(C)(C)C)[C@@H](CO)[C@@H]1O[C@@H]1C)(C(C)C)C(C)C. The van der Waals surface area contributed by atoms with E-state index in [2.05, 4.69) is 82.3 Å². The molecular weight excluding hydrogens is 384 g/mol. The first-order valence-electron chi connectivity index (χ1n) is 11.2. The highest BCUT2D eigenvalue weighted by molar-refractivity contribution is 6.77. The van der Waals surface area contributed by atoms with Crippen LogP contribution < -0.4 is 0 Å². The fourth-order valence-electron chi connectivity index (χ4n) is 4.61. The highest BCUT2D eigenvalue weighted by Crippen LogP contribution is 2.44. The second-order valence-electron chi connectivity index (χ2n) is 11.2. The Morgan fingerprint density at radius 1 is 0.964 bits per heavy atom. The summed E-state index contributed by atoms with van der Waals surface area (Å²) in [6.07, 6.45) is 0.158. The van der Waals surface area contributed by atoms with Crippen molar-refractivity contribution in [3.05, 3.63) is 0 Å². The van der Waals surface area contributed by atoms with Crippen LogP contribution in [0.1, 0.15) is 69.2 Å². The van der Waals surface area contributed by atoms with Gasteiger partial charge in [0.15, 0.2) is 16.6 Å². The standard InChI is InChI=1S/C22H48O4Si2/c1-15(2)28(16(3)4,17(5)6)24-14-20(19(13-23)21-18(7)25-21)26-27(11,12)22(8,9)10/h15-21,23H,13-14H2,1-12H3/t18-,19-,20-,21-/m1/s1. The minimum absolute atomic E-state index is 0.0256. The third kappa shape index (κ3) is 5.70. The molecule has 28 heavy (non-hydrogen) atoms. The van der Waals surface area contributed by atoms with Crippen LogP contribution >= 0.6 is 0 Å². The van der Waals surface area contributed by atoms with Crippen LogP contribution in [0.5, 0.6) is 0 Å². The van der Waals surface area contributed by atoms with Gasteiger partial charge in [-0.3, -0.25) is 0 Å². The van der Waals surface area contributed by atoms with Crippen LogP contribution in [-0.4, -0.2) is 53.3 Å². The molecule has 1 fully saturated rings. The summed E-state index contributed by atoms with van der Waals surface area (Å²) >= 11 is 0. The molecule has 0 spiro atoms. The maximum absolute atomic E-state index is 10.2. The van der Waals surface area contributed by atoms with Gasteiger partial charge < -0.3 is 18.7 Å². The van der Waals surface area contributed by atoms with Crippen molar-refractivity contribution in [2.24, 2.45) is 5.92 Å². The molecule has 1 heterocycles. The van der Waals surface area contributed by atoms with Gasteiger partial charge in [-0.15, -0.1) is 0 Å². The van der Waals surface area contributed by atoms with Gasteiger partial charge in [-0.25, -0.2) is 0 Å². The van der Waals surface area contributed by atoms with Gasteiger partial charge in [-0.05, 0) is 41.7 Å². The zero-order valence-electron chi connectivity index (χ0n) is 20.6. The molecule has 0 aliphatic carbocycles. The summed E-state index contributed by atoms with van der Waals surface area (Å²) in [6, 6.07) is 0. The zero-order chi connectivity index (χ0) is 22.1. The van der Waals surface area contributed by atoms with Crippen LogP contribution in [-0.2, 0) is 13.6 Å². The average Bonchev–Trinajstić information content (AvgIpc) is 3.22. The highest BCUT2D eigenvalue weighted by Gasteiger charge is 2.50. The Balaban J connectivity index is 3.14. The molecule has 1 saturated heterocycles. The molecule has 0 saturated carbocycles. The Bertz CT molecular complexity index is 464. The largest absolute Gasteiger partial charge is 0.413 e. The molecule has 0 aromatic rings. The molecule has 1 N–H and O–H groups in total. The van der Waals surface area contributed by atoms with Crippen LogP contribution in [0.4, 0.5) is 0 Å². The molecule has 0 aromatic heterocycles. The van der Waals surface area contributed by atoms with E-state index in [9.17, 15) is 5.11 Å². The quantitative estimate of drug-likeness (QED) is 0.323.